The molecule has 170 valence electrons. The minimum absolute atomic E-state index is 0.156. The molecular weight excluding hydrogens is 494 g/mol. The third kappa shape index (κ3) is 2.73. The van der Waals surface area contributed by atoms with Gasteiger partial charge in [0.2, 0.25) is 0 Å². The Kier molecular flexibility index (Phi) is 4.61. The van der Waals surface area contributed by atoms with Crippen LogP contribution < -0.4 is 9.64 Å². The van der Waals surface area contributed by atoms with Gasteiger partial charge in [-0.15, -0.1) is 0 Å². The van der Waals surface area contributed by atoms with Crippen molar-refractivity contribution in [3.05, 3.63) is 94.1 Å². The van der Waals surface area contributed by atoms with E-state index in [0.717, 1.165) is 37.9 Å². The molecule has 1 fully saturated rings. The van der Waals surface area contributed by atoms with Crippen LogP contribution in [0.3, 0.4) is 0 Å². The number of anilines is 1. The van der Waals surface area contributed by atoms with Crippen molar-refractivity contribution in [2.75, 3.05) is 18.6 Å². The number of urea groups is 1. The van der Waals surface area contributed by atoms with Crippen molar-refractivity contribution >= 4 is 44.5 Å². The van der Waals surface area contributed by atoms with E-state index in [1.807, 2.05) is 61.5 Å². The van der Waals surface area contributed by atoms with Crippen LogP contribution in [0.25, 0.3) is 10.9 Å². The van der Waals surface area contributed by atoms with Gasteiger partial charge in [-0.2, -0.15) is 0 Å². The molecule has 1 N–H and O–H groups in total. The molecule has 3 heterocycles. The van der Waals surface area contributed by atoms with Crippen molar-refractivity contribution in [3.8, 4) is 5.75 Å². The maximum absolute atomic E-state index is 14.0. The first-order valence-corrected chi connectivity index (χ1v) is 11.9. The van der Waals surface area contributed by atoms with Crippen molar-refractivity contribution in [2.45, 2.75) is 18.4 Å². The van der Waals surface area contributed by atoms with Crippen LogP contribution in [-0.4, -0.2) is 35.5 Å². The summed E-state index contributed by atoms with van der Waals surface area (Å²) in [5, 5.41) is 1.05. The van der Waals surface area contributed by atoms with Gasteiger partial charge in [0.15, 0.2) is 5.54 Å². The lowest BCUT2D eigenvalue weighted by Crippen LogP contribution is -2.50. The highest BCUT2D eigenvalue weighted by atomic mass is 79.9. The number of halogens is 1. The third-order valence-electron chi connectivity index (χ3n) is 7.13. The number of hydrogen-bond donors (Lipinski definition) is 1. The summed E-state index contributed by atoms with van der Waals surface area (Å²) in [6.45, 7) is 2.21. The van der Waals surface area contributed by atoms with Crippen LogP contribution in [-0.2, 0) is 10.3 Å². The molecule has 3 amide bonds. The minimum atomic E-state index is -1.14. The number of nitrogens with one attached hydrogen (secondary N) is 1. The Balaban J connectivity index is 1.60. The summed E-state index contributed by atoms with van der Waals surface area (Å²) in [4.78, 5) is 34.2. The van der Waals surface area contributed by atoms with Crippen LogP contribution in [0.1, 0.15) is 29.7 Å². The van der Waals surface area contributed by atoms with Gasteiger partial charge >= 0.3 is 6.03 Å². The predicted molar refractivity (Wildman–Crippen MR) is 134 cm³/mol. The molecule has 3 aromatic carbocycles. The molecule has 1 saturated heterocycles. The molecule has 2 atom stereocenters. The largest absolute Gasteiger partial charge is 0.496 e. The first-order valence-electron chi connectivity index (χ1n) is 11.1. The van der Waals surface area contributed by atoms with E-state index in [9.17, 15) is 9.59 Å². The van der Waals surface area contributed by atoms with Gasteiger partial charge in [-0.1, -0.05) is 52.3 Å². The highest BCUT2D eigenvalue weighted by Gasteiger charge is 2.60. The number of carbonyl (C=O) groups is 2. The van der Waals surface area contributed by atoms with Crippen molar-refractivity contribution in [1.29, 1.82) is 0 Å². The number of nitrogens with zero attached hydrogens (tertiary/aromatic N) is 2. The lowest BCUT2D eigenvalue weighted by molar-refractivity contribution is -0.125. The van der Waals surface area contributed by atoms with Crippen LogP contribution in [0.5, 0.6) is 5.75 Å². The van der Waals surface area contributed by atoms with E-state index in [-0.39, 0.29) is 17.9 Å². The van der Waals surface area contributed by atoms with Crippen molar-refractivity contribution < 1.29 is 14.3 Å². The van der Waals surface area contributed by atoms with Gasteiger partial charge < -0.3 is 14.6 Å². The number of rotatable bonds is 3. The molecule has 1 aromatic heterocycles. The quantitative estimate of drug-likeness (QED) is 0.352. The summed E-state index contributed by atoms with van der Waals surface area (Å²) in [6, 6.07) is 22.8. The predicted octanol–water partition coefficient (Wildman–Crippen LogP) is 5.77. The van der Waals surface area contributed by atoms with Gasteiger partial charge in [-0.25, -0.2) is 9.69 Å². The van der Waals surface area contributed by atoms with Gasteiger partial charge in [-0.3, -0.25) is 4.79 Å². The van der Waals surface area contributed by atoms with Gasteiger partial charge in [0.25, 0.3) is 5.91 Å². The molecule has 0 aliphatic carbocycles. The third-order valence-corrected chi connectivity index (χ3v) is 7.66. The number of ether oxygens (including phenoxy) is 1. The van der Waals surface area contributed by atoms with Crippen LogP contribution in [0.15, 0.2) is 77.3 Å². The van der Waals surface area contributed by atoms with E-state index in [4.69, 9.17) is 4.74 Å². The van der Waals surface area contributed by atoms with Crippen LogP contribution >= 0.6 is 15.9 Å². The average molecular weight is 516 g/mol. The zero-order chi connectivity index (χ0) is 23.6. The van der Waals surface area contributed by atoms with E-state index in [2.05, 4.69) is 27.0 Å². The number of hydrogen-bond acceptors (Lipinski definition) is 3. The van der Waals surface area contributed by atoms with Crippen molar-refractivity contribution in [1.82, 2.24) is 9.88 Å². The number of benzene rings is 3. The molecule has 0 unspecified atom stereocenters. The van der Waals surface area contributed by atoms with E-state index in [1.165, 1.54) is 4.90 Å². The lowest BCUT2D eigenvalue weighted by Gasteiger charge is -2.40. The number of amides is 3. The zero-order valence-corrected chi connectivity index (χ0v) is 20.3. The Hall–Kier alpha value is -3.58. The number of carbonyl (C=O) groups excluding carboxylic acids is 2. The van der Waals surface area contributed by atoms with E-state index < -0.39 is 5.54 Å². The summed E-state index contributed by atoms with van der Waals surface area (Å²) in [5.41, 5.74) is 3.14. The first-order chi connectivity index (χ1) is 16.4. The monoisotopic (exact) mass is 515 g/mol. The Morgan fingerprint density at radius 2 is 1.71 bits per heavy atom. The molecular formula is C27H22BrN3O3. The van der Waals surface area contributed by atoms with Crippen LogP contribution in [0.4, 0.5) is 10.5 Å². The Bertz CT molecular complexity index is 1460. The van der Waals surface area contributed by atoms with Crippen LogP contribution in [0.2, 0.25) is 0 Å². The van der Waals surface area contributed by atoms with Crippen molar-refractivity contribution in [2.24, 2.45) is 0 Å². The van der Waals surface area contributed by atoms with E-state index >= 15 is 0 Å². The van der Waals surface area contributed by atoms with Gasteiger partial charge in [-0.05, 0) is 48.9 Å². The van der Waals surface area contributed by atoms with Gasteiger partial charge in [0.05, 0.1) is 18.5 Å². The molecule has 0 saturated carbocycles. The summed E-state index contributed by atoms with van der Waals surface area (Å²) in [5.74, 6) is 0.346. The number of aromatic nitrogens is 1. The normalized spacial score (nSPS) is 21.7. The summed E-state index contributed by atoms with van der Waals surface area (Å²) in [7, 11) is 1.65. The molecule has 6 rings (SSSR count). The molecule has 34 heavy (non-hydrogen) atoms. The molecule has 2 aliphatic rings. The maximum Gasteiger partial charge on any atom is 0.332 e. The van der Waals surface area contributed by atoms with Crippen molar-refractivity contribution in [3.63, 3.8) is 0 Å². The fourth-order valence-corrected chi connectivity index (χ4v) is 5.71. The highest BCUT2D eigenvalue weighted by Crippen LogP contribution is 2.51. The number of imide groups is 1. The number of para-hydroxylation sites is 2. The average Bonchev–Trinajstić information content (AvgIpc) is 3.34. The molecule has 4 aromatic rings. The SMILES string of the molecule is COc1ccccc1[C@@H]1CN2C(=O)N(c3ccc(Br)cc3)C(=O)[C@]2(C)c2[nH]c3ccccc3c21. The Morgan fingerprint density at radius 1 is 1.00 bits per heavy atom. The molecule has 2 aliphatic heterocycles. The molecule has 0 radical (unpaired) electrons. The highest BCUT2D eigenvalue weighted by molar-refractivity contribution is 9.10. The fourth-order valence-electron chi connectivity index (χ4n) is 5.44. The number of fused-ring (bicyclic) bond motifs is 5. The molecule has 7 heteroatoms. The van der Waals surface area contributed by atoms with Crippen LogP contribution in [0, 0.1) is 0 Å². The Labute approximate surface area is 205 Å². The Morgan fingerprint density at radius 3 is 2.47 bits per heavy atom. The topological polar surface area (TPSA) is 65.6 Å². The molecule has 6 nitrogen and oxygen atoms in total. The van der Waals surface area contributed by atoms with Gasteiger partial charge in [0.1, 0.15) is 5.75 Å². The number of aromatic amines is 1. The molecule has 0 bridgehead atoms. The smallest absolute Gasteiger partial charge is 0.332 e. The second kappa shape index (κ2) is 7.46. The van der Waals surface area contributed by atoms with E-state index in [1.54, 1.807) is 24.1 Å². The minimum Gasteiger partial charge on any atom is -0.496 e. The first kappa shape index (κ1) is 21.0. The van der Waals surface area contributed by atoms with Gasteiger partial charge in [0, 0.05) is 33.4 Å². The fraction of sp³-hybridized carbons (Fsp3) is 0.185. The maximum atomic E-state index is 14.0. The zero-order valence-electron chi connectivity index (χ0n) is 18.7. The molecule has 0 spiro atoms. The van der Waals surface area contributed by atoms with E-state index in [0.29, 0.717) is 12.2 Å². The number of methoxy groups -OCH3 is 1. The standard InChI is InChI=1S/C27H22BrN3O3/c1-27-24-23(19-8-3-5-9-21(19)29-24)20(18-7-4-6-10-22(18)34-2)15-30(27)26(33)31(25(27)32)17-13-11-16(28)12-14-17/h3-14,20,29H,15H2,1-2H3/t20-,27-/m0/s1. The summed E-state index contributed by atoms with van der Waals surface area (Å²) < 4.78 is 6.58. The summed E-state index contributed by atoms with van der Waals surface area (Å²) >= 11 is 3.43. The lowest BCUT2D eigenvalue weighted by atomic mass is 9.78. The number of H-pyrrole nitrogens is 1. The second-order valence-electron chi connectivity index (χ2n) is 8.84. The second-order valence-corrected chi connectivity index (χ2v) is 9.75. The summed E-state index contributed by atoms with van der Waals surface area (Å²) in [6.07, 6.45) is 0.